The van der Waals surface area contributed by atoms with Gasteiger partial charge in [0.05, 0.1) is 11.5 Å². The highest BCUT2D eigenvalue weighted by Crippen LogP contribution is 2.22. The van der Waals surface area contributed by atoms with Gasteiger partial charge in [0.1, 0.15) is 5.75 Å². The summed E-state index contributed by atoms with van der Waals surface area (Å²) in [6, 6.07) is 4.92. The summed E-state index contributed by atoms with van der Waals surface area (Å²) in [6.45, 7) is 8.43. The molecule has 0 radical (unpaired) electrons. The van der Waals surface area contributed by atoms with Crippen LogP contribution < -0.4 is 9.46 Å². The zero-order valence-electron chi connectivity index (χ0n) is 12.8. The Morgan fingerprint density at radius 1 is 1.30 bits per heavy atom. The van der Waals surface area contributed by atoms with E-state index in [1.807, 2.05) is 20.8 Å². The van der Waals surface area contributed by atoms with Crippen molar-refractivity contribution in [2.75, 3.05) is 6.61 Å². The smallest absolute Gasteiger partial charge is 0.240 e. The van der Waals surface area contributed by atoms with Crippen LogP contribution in [0.1, 0.15) is 45.6 Å². The highest BCUT2D eigenvalue weighted by atomic mass is 32.2. The third kappa shape index (κ3) is 4.80. The van der Waals surface area contributed by atoms with E-state index in [0.717, 1.165) is 30.6 Å². The maximum Gasteiger partial charge on any atom is 0.240 e. The molecule has 20 heavy (non-hydrogen) atoms. The number of nitrogens with one attached hydrogen (secondary N) is 1. The van der Waals surface area contributed by atoms with Crippen LogP contribution >= 0.6 is 0 Å². The minimum absolute atomic E-state index is 0.0687. The molecule has 0 saturated heterocycles. The topological polar surface area (TPSA) is 55.4 Å². The molecule has 1 unspecified atom stereocenters. The van der Waals surface area contributed by atoms with Gasteiger partial charge in [-0.1, -0.05) is 20.3 Å². The molecule has 4 nitrogen and oxygen atoms in total. The number of unbranched alkanes of at least 4 members (excludes halogenated alkanes) is 1. The van der Waals surface area contributed by atoms with Gasteiger partial charge < -0.3 is 4.74 Å². The molecule has 0 aliphatic carbocycles. The Morgan fingerprint density at radius 2 is 2.00 bits per heavy atom. The fourth-order valence-corrected chi connectivity index (χ4v) is 3.11. The van der Waals surface area contributed by atoms with E-state index in [1.165, 1.54) is 0 Å². The van der Waals surface area contributed by atoms with E-state index < -0.39 is 10.0 Å². The van der Waals surface area contributed by atoms with Gasteiger partial charge in [-0.15, -0.1) is 0 Å². The molecule has 0 amide bonds. The van der Waals surface area contributed by atoms with Crippen LogP contribution in [0.15, 0.2) is 23.1 Å². The lowest BCUT2D eigenvalue weighted by Gasteiger charge is -2.14. The Balaban J connectivity index is 2.86. The van der Waals surface area contributed by atoms with E-state index in [-0.39, 0.29) is 10.9 Å². The summed E-state index contributed by atoms with van der Waals surface area (Å²) in [5.41, 5.74) is 0.841. The minimum atomic E-state index is -3.44. The summed E-state index contributed by atoms with van der Waals surface area (Å²) in [5.74, 6) is 0.751. The Bertz CT molecular complexity index is 526. The maximum absolute atomic E-state index is 12.2. The van der Waals surface area contributed by atoms with Crippen LogP contribution in [0.5, 0.6) is 5.75 Å². The molecule has 0 aromatic heterocycles. The van der Waals surface area contributed by atoms with Gasteiger partial charge in [-0.05, 0) is 50.5 Å². The summed E-state index contributed by atoms with van der Waals surface area (Å²) in [7, 11) is -3.44. The van der Waals surface area contributed by atoms with E-state index >= 15 is 0 Å². The van der Waals surface area contributed by atoms with Crippen molar-refractivity contribution in [2.45, 2.75) is 57.9 Å². The van der Waals surface area contributed by atoms with Crippen LogP contribution in [0, 0.1) is 6.92 Å². The van der Waals surface area contributed by atoms with Gasteiger partial charge in [0, 0.05) is 6.04 Å². The number of benzene rings is 1. The molecule has 0 spiro atoms. The standard InChI is InChI=1S/C15H25NO3S/c1-5-7-10-19-15-9-8-14(11-12(15)3)20(17,18)16-13(4)6-2/h8-9,11,13,16H,5-7,10H2,1-4H3. The van der Waals surface area contributed by atoms with Crippen LogP contribution in [0.3, 0.4) is 0 Å². The van der Waals surface area contributed by atoms with Crippen LogP contribution in [0.4, 0.5) is 0 Å². The molecule has 1 N–H and O–H groups in total. The lowest BCUT2D eigenvalue weighted by Crippen LogP contribution is -2.32. The quantitative estimate of drug-likeness (QED) is 0.750. The number of aryl methyl sites for hydroxylation is 1. The predicted octanol–water partition coefficient (Wildman–Crippen LogP) is 3.25. The maximum atomic E-state index is 12.2. The van der Waals surface area contributed by atoms with Crippen LogP contribution in [-0.2, 0) is 10.0 Å². The Labute approximate surface area is 122 Å². The molecule has 1 aromatic rings. The molecule has 1 aromatic carbocycles. The van der Waals surface area contributed by atoms with Crippen molar-refractivity contribution in [1.29, 1.82) is 0 Å². The van der Waals surface area contributed by atoms with E-state index in [9.17, 15) is 8.42 Å². The van der Waals surface area contributed by atoms with Gasteiger partial charge in [0.15, 0.2) is 0 Å². The third-order valence-electron chi connectivity index (χ3n) is 3.18. The van der Waals surface area contributed by atoms with Gasteiger partial charge in [-0.2, -0.15) is 0 Å². The molecule has 0 aliphatic heterocycles. The lowest BCUT2D eigenvalue weighted by atomic mass is 10.2. The fourth-order valence-electron chi connectivity index (χ4n) is 1.69. The van der Waals surface area contributed by atoms with Crippen molar-refractivity contribution in [1.82, 2.24) is 4.72 Å². The third-order valence-corrected chi connectivity index (χ3v) is 4.77. The molecule has 0 aliphatic rings. The summed E-state index contributed by atoms with van der Waals surface area (Å²) >= 11 is 0. The Hall–Kier alpha value is -1.07. The lowest BCUT2D eigenvalue weighted by molar-refractivity contribution is 0.307. The molecule has 0 fully saturated rings. The minimum Gasteiger partial charge on any atom is -0.493 e. The van der Waals surface area contributed by atoms with Crippen molar-refractivity contribution in [2.24, 2.45) is 0 Å². The van der Waals surface area contributed by atoms with Gasteiger partial charge in [-0.3, -0.25) is 0 Å². The number of rotatable bonds is 8. The van der Waals surface area contributed by atoms with E-state index in [2.05, 4.69) is 11.6 Å². The molecule has 114 valence electrons. The van der Waals surface area contributed by atoms with Crippen molar-refractivity contribution in [3.05, 3.63) is 23.8 Å². The second-order valence-corrected chi connectivity index (χ2v) is 6.77. The first-order chi connectivity index (χ1) is 9.40. The second-order valence-electron chi connectivity index (χ2n) is 5.06. The van der Waals surface area contributed by atoms with Crippen molar-refractivity contribution < 1.29 is 13.2 Å². The molecule has 0 saturated carbocycles. The predicted molar refractivity (Wildman–Crippen MR) is 81.7 cm³/mol. The van der Waals surface area contributed by atoms with Crippen LogP contribution in [-0.4, -0.2) is 21.1 Å². The first kappa shape index (κ1) is 17.0. The number of ether oxygens (including phenoxy) is 1. The van der Waals surface area contributed by atoms with Crippen LogP contribution in [0.25, 0.3) is 0 Å². The highest BCUT2D eigenvalue weighted by Gasteiger charge is 2.17. The van der Waals surface area contributed by atoms with Gasteiger partial charge >= 0.3 is 0 Å². The molecular weight excluding hydrogens is 274 g/mol. The fraction of sp³-hybridized carbons (Fsp3) is 0.600. The normalized spacial score (nSPS) is 13.2. The second kappa shape index (κ2) is 7.64. The first-order valence-electron chi connectivity index (χ1n) is 7.16. The van der Waals surface area contributed by atoms with E-state index in [0.29, 0.717) is 6.61 Å². The SMILES string of the molecule is CCCCOc1ccc(S(=O)(=O)NC(C)CC)cc1C. The monoisotopic (exact) mass is 299 g/mol. The zero-order valence-corrected chi connectivity index (χ0v) is 13.6. The average Bonchev–Trinajstić information content (AvgIpc) is 2.40. The largest absolute Gasteiger partial charge is 0.493 e. The van der Waals surface area contributed by atoms with Gasteiger partial charge in [-0.25, -0.2) is 13.1 Å². The van der Waals surface area contributed by atoms with E-state index in [4.69, 9.17) is 4.74 Å². The van der Waals surface area contributed by atoms with Gasteiger partial charge in [0.2, 0.25) is 10.0 Å². The molecule has 5 heteroatoms. The van der Waals surface area contributed by atoms with Gasteiger partial charge in [0.25, 0.3) is 0 Å². The molecule has 1 atom stereocenters. The van der Waals surface area contributed by atoms with E-state index in [1.54, 1.807) is 18.2 Å². The van der Waals surface area contributed by atoms with Crippen LogP contribution in [0.2, 0.25) is 0 Å². The highest BCUT2D eigenvalue weighted by molar-refractivity contribution is 7.89. The zero-order chi connectivity index (χ0) is 15.2. The van der Waals surface area contributed by atoms with Crippen molar-refractivity contribution >= 4 is 10.0 Å². The Morgan fingerprint density at radius 3 is 2.55 bits per heavy atom. The molecule has 0 bridgehead atoms. The number of hydrogen-bond donors (Lipinski definition) is 1. The summed E-state index contributed by atoms with van der Waals surface area (Å²) in [4.78, 5) is 0.290. The summed E-state index contributed by atoms with van der Waals surface area (Å²) < 4.78 is 32.6. The van der Waals surface area contributed by atoms with Crippen molar-refractivity contribution in [3.8, 4) is 5.75 Å². The summed E-state index contributed by atoms with van der Waals surface area (Å²) in [6.07, 6.45) is 2.83. The summed E-state index contributed by atoms with van der Waals surface area (Å²) in [5, 5.41) is 0. The molecular formula is C15H25NO3S. The molecule has 1 rings (SSSR count). The number of hydrogen-bond acceptors (Lipinski definition) is 3. The average molecular weight is 299 g/mol. The molecule has 0 heterocycles. The van der Waals surface area contributed by atoms with Crippen molar-refractivity contribution in [3.63, 3.8) is 0 Å². The number of sulfonamides is 1. The first-order valence-corrected chi connectivity index (χ1v) is 8.64. The Kier molecular flexibility index (Phi) is 6.49.